The summed E-state index contributed by atoms with van der Waals surface area (Å²) in [5.74, 6) is -0.241. The molecule has 0 fully saturated rings. The Labute approximate surface area is 190 Å². The van der Waals surface area contributed by atoms with Crippen LogP contribution in [0.3, 0.4) is 0 Å². The van der Waals surface area contributed by atoms with E-state index in [-0.39, 0.29) is 24.0 Å². The number of nitrogen functional groups attached to an aromatic ring is 1. The van der Waals surface area contributed by atoms with E-state index in [0.717, 1.165) is 31.2 Å². The summed E-state index contributed by atoms with van der Waals surface area (Å²) in [6.45, 7) is 2.48. The molecule has 0 saturated carbocycles. The number of hydrogen-bond donors (Lipinski definition) is 2. The van der Waals surface area contributed by atoms with Crippen LogP contribution in [0.1, 0.15) is 58.3 Å². The van der Waals surface area contributed by atoms with Gasteiger partial charge >= 0.3 is 5.69 Å². The van der Waals surface area contributed by atoms with E-state index in [4.69, 9.17) is 5.73 Å². The van der Waals surface area contributed by atoms with Gasteiger partial charge in [-0.3, -0.25) is 24.0 Å². The summed E-state index contributed by atoms with van der Waals surface area (Å²) in [7, 11) is 0. The number of aromatic amines is 1. The van der Waals surface area contributed by atoms with Gasteiger partial charge in [0.25, 0.3) is 11.5 Å². The van der Waals surface area contributed by atoms with Crippen molar-refractivity contribution in [3.8, 4) is 0 Å². The van der Waals surface area contributed by atoms with Gasteiger partial charge in [0.2, 0.25) is 0 Å². The molecule has 4 rings (SSSR count). The first-order valence-electron chi connectivity index (χ1n) is 11.1. The number of aryl methyl sites for hydroxylation is 2. The molecule has 2 aromatic heterocycles. The predicted octanol–water partition coefficient (Wildman–Crippen LogP) is 3.55. The van der Waals surface area contributed by atoms with Crippen LogP contribution >= 0.6 is 11.3 Å². The Morgan fingerprint density at radius 2 is 1.91 bits per heavy atom. The van der Waals surface area contributed by atoms with Gasteiger partial charge in [-0.05, 0) is 49.3 Å². The molecule has 2 heterocycles. The number of benzene rings is 1. The molecular formula is C24H28N4O3S. The van der Waals surface area contributed by atoms with E-state index >= 15 is 0 Å². The second kappa shape index (κ2) is 9.56. The van der Waals surface area contributed by atoms with Gasteiger partial charge in [0.15, 0.2) is 5.69 Å². The number of carbonyl (C=O) groups is 1. The lowest BCUT2D eigenvalue weighted by molar-refractivity contribution is 0.0990. The molecule has 32 heavy (non-hydrogen) atoms. The molecule has 1 aromatic carbocycles. The Morgan fingerprint density at radius 3 is 2.66 bits per heavy atom. The Hall–Kier alpha value is -3.13. The number of thiophene rings is 1. The lowest BCUT2D eigenvalue weighted by Gasteiger charge is -2.23. The second-order valence-electron chi connectivity index (χ2n) is 8.14. The average molecular weight is 453 g/mol. The lowest BCUT2D eigenvalue weighted by atomic mass is 10.1. The third-order valence-corrected chi connectivity index (χ3v) is 7.04. The topological polar surface area (TPSA) is 101 Å². The standard InChI is InChI=1S/C24H28N4O3S/c1-2-13-27(23(30)19-14-17-11-7-4-8-12-18(17)32-19)20-21(25)28(24(31)26-22(20)29)15-16-9-5-3-6-10-16/h3,5-6,9-10,14H,2,4,7-8,11-13,15,25H2,1H3,(H,26,29,31). The number of aromatic nitrogens is 2. The zero-order chi connectivity index (χ0) is 22.7. The molecule has 0 radical (unpaired) electrons. The number of rotatable bonds is 6. The Morgan fingerprint density at radius 1 is 1.16 bits per heavy atom. The van der Waals surface area contributed by atoms with Crippen molar-refractivity contribution in [1.82, 2.24) is 9.55 Å². The van der Waals surface area contributed by atoms with E-state index in [2.05, 4.69) is 4.98 Å². The number of anilines is 2. The molecule has 1 amide bonds. The molecule has 8 heteroatoms. The second-order valence-corrected chi connectivity index (χ2v) is 9.28. The van der Waals surface area contributed by atoms with Crippen LogP contribution in [0, 0.1) is 0 Å². The fraction of sp³-hybridized carbons (Fsp3) is 0.375. The number of nitrogens with two attached hydrogens (primary N) is 1. The highest BCUT2D eigenvalue weighted by Gasteiger charge is 2.27. The van der Waals surface area contributed by atoms with E-state index in [9.17, 15) is 14.4 Å². The minimum Gasteiger partial charge on any atom is -0.383 e. The van der Waals surface area contributed by atoms with Gasteiger partial charge in [-0.15, -0.1) is 11.3 Å². The number of nitrogens with zero attached hydrogens (tertiary/aromatic N) is 2. The minimum absolute atomic E-state index is 0.00234. The summed E-state index contributed by atoms with van der Waals surface area (Å²) in [6, 6.07) is 11.4. The van der Waals surface area contributed by atoms with Gasteiger partial charge in [-0.1, -0.05) is 43.7 Å². The molecule has 0 atom stereocenters. The van der Waals surface area contributed by atoms with Crippen LogP contribution in [-0.4, -0.2) is 22.0 Å². The fourth-order valence-corrected chi connectivity index (χ4v) is 5.41. The smallest absolute Gasteiger partial charge is 0.330 e. The average Bonchev–Trinajstić information content (AvgIpc) is 3.06. The molecule has 1 aliphatic rings. The van der Waals surface area contributed by atoms with Crippen molar-refractivity contribution in [3.63, 3.8) is 0 Å². The fourth-order valence-electron chi connectivity index (χ4n) is 4.21. The highest BCUT2D eigenvalue weighted by Crippen LogP contribution is 2.31. The lowest BCUT2D eigenvalue weighted by Crippen LogP contribution is -2.41. The van der Waals surface area contributed by atoms with Gasteiger partial charge in [0, 0.05) is 11.4 Å². The minimum atomic E-state index is -0.642. The maximum Gasteiger partial charge on any atom is 0.330 e. The predicted molar refractivity (Wildman–Crippen MR) is 129 cm³/mol. The van der Waals surface area contributed by atoms with Crippen LogP contribution in [0.15, 0.2) is 46.0 Å². The summed E-state index contributed by atoms with van der Waals surface area (Å²) in [5.41, 5.74) is 7.26. The van der Waals surface area contributed by atoms with Crippen molar-refractivity contribution < 1.29 is 4.79 Å². The van der Waals surface area contributed by atoms with Gasteiger partial charge < -0.3 is 5.73 Å². The third-order valence-electron chi connectivity index (χ3n) is 5.82. The molecule has 0 bridgehead atoms. The highest BCUT2D eigenvalue weighted by atomic mass is 32.1. The van der Waals surface area contributed by atoms with E-state index in [1.54, 1.807) is 0 Å². The molecule has 168 valence electrons. The number of fused-ring (bicyclic) bond motifs is 1. The summed E-state index contributed by atoms with van der Waals surface area (Å²) >= 11 is 1.51. The molecule has 7 nitrogen and oxygen atoms in total. The van der Waals surface area contributed by atoms with Crippen molar-refractivity contribution in [2.24, 2.45) is 0 Å². The zero-order valence-corrected chi connectivity index (χ0v) is 19.0. The molecular weight excluding hydrogens is 424 g/mol. The van der Waals surface area contributed by atoms with Crippen LogP contribution in [0.2, 0.25) is 0 Å². The molecule has 3 N–H and O–H groups in total. The van der Waals surface area contributed by atoms with E-state index < -0.39 is 11.2 Å². The quantitative estimate of drug-likeness (QED) is 0.559. The van der Waals surface area contributed by atoms with Crippen LogP contribution in [0.4, 0.5) is 11.5 Å². The Kier molecular flexibility index (Phi) is 6.60. The molecule has 0 unspecified atom stereocenters. The molecule has 0 saturated heterocycles. The normalized spacial score (nSPS) is 13.4. The Balaban J connectivity index is 1.75. The number of nitrogens with one attached hydrogen (secondary N) is 1. The Bertz CT molecular complexity index is 1200. The summed E-state index contributed by atoms with van der Waals surface area (Å²) in [5, 5.41) is 0. The van der Waals surface area contributed by atoms with Crippen molar-refractivity contribution in [2.45, 2.75) is 52.0 Å². The molecule has 1 aliphatic carbocycles. The third kappa shape index (κ3) is 4.41. The molecule has 3 aromatic rings. The van der Waals surface area contributed by atoms with Crippen LogP contribution in [-0.2, 0) is 19.4 Å². The maximum absolute atomic E-state index is 13.5. The van der Waals surface area contributed by atoms with Crippen LogP contribution in [0.5, 0.6) is 0 Å². The molecule has 0 spiro atoms. The van der Waals surface area contributed by atoms with E-state index in [0.29, 0.717) is 17.8 Å². The maximum atomic E-state index is 13.5. The van der Waals surface area contributed by atoms with Crippen LogP contribution in [0.25, 0.3) is 0 Å². The number of carbonyl (C=O) groups excluding carboxylic acids is 1. The highest BCUT2D eigenvalue weighted by molar-refractivity contribution is 7.14. The monoisotopic (exact) mass is 452 g/mol. The van der Waals surface area contributed by atoms with Crippen molar-refractivity contribution >= 4 is 28.7 Å². The largest absolute Gasteiger partial charge is 0.383 e. The van der Waals surface area contributed by atoms with Crippen molar-refractivity contribution in [1.29, 1.82) is 0 Å². The SMILES string of the molecule is CCCN(C(=O)c1cc2c(s1)CCCCC2)c1c(N)n(Cc2ccccc2)c(=O)[nH]c1=O. The van der Waals surface area contributed by atoms with Crippen LogP contribution < -0.4 is 21.9 Å². The summed E-state index contributed by atoms with van der Waals surface area (Å²) < 4.78 is 1.31. The first-order chi connectivity index (χ1) is 15.5. The van der Waals surface area contributed by atoms with Gasteiger partial charge in [-0.25, -0.2) is 4.79 Å². The van der Waals surface area contributed by atoms with Gasteiger partial charge in [0.1, 0.15) is 5.82 Å². The van der Waals surface area contributed by atoms with Gasteiger partial charge in [0.05, 0.1) is 11.4 Å². The summed E-state index contributed by atoms with van der Waals surface area (Å²) in [4.78, 5) is 44.5. The zero-order valence-electron chi connectivity index (χ0n) is 18.2. The van der Waals surface area contributed by atoms with Crippen molar-refractivity contribution in [3.05, 3.63) is 78.1 Å². The number of amides is 1. The van der Waals surface area contributed by atoms with Gasteiger partial charge in [-0.2, -0.15) is 0 Å². The number of hydrogen-bond acceptors (Lipinski definition) is 5. The number of H-pyrrole nitrogens is 1. The summed E-state index contributed by atoms with van der Waals surface area (Å²) in [6.07, 6.45) is 6.10. The first kappa shape index (κ1) is 22.1. The molecule has 0 aliphatic heterocycles. The first-order valence-corrected chi connectivity index (χ1v) is 11.9. The van der Waals surface area contributed by atoms with Crippen molar-refractivity contribution in [2.75, 3.05) is 17.2 Å². The van der Waals surface area contributed by atoms with E-state index in [1.165, 1.54) is 37.7 Å². The van der Waals surface area contributed by atoms with E-state index in [1.807, 2.05) is 43.3 Å².